The lowest BCUT2D eigenvalue weighted by atomic mass is 10.1. The van der Waals surface area contributed by atoms with E-state index in [1.807, 2.05) is 0 Å². The van der Waals surface area contributed by atoms with Crippen LogP contribution in [-0.2, 0) is 21.2 Å². The molecule has 7 nitrogen and oxygen atoms in total. The van der Waals surface area contributed by atoms with Crippen LogP contribution in [-0.4, -0.2) is 39.3 Å². The number of halogens is 1. The van der Waals surface area contributed by atoms with Gasteiger partial charge in [0.1, 0.15) is 28.0 Å². The van der Waals surface area contributed by atoms with Gasteiger partial charge in [-0.1, -0.05) is 12.1 Å². The van der Waals surface area contributed by atoms with Gasteiger partial charge in [0.05, 0.1) is 12.2 Å². The first kappa shape index (κ1) is 23.5. The van der Waals surface area contributed by atoms with E-state index in [0.717, 1.165) is 4.31 Å². The Morgan fingerprint density at radius 3 is 2.56 bits per heavy atom. The number of hydrogen-bond acceptors (Lipinski definition) is 5. The predicted octanol–water partition coefficient (Wildman–Crippen LogP) is 4.31. The molecular formula is C23H25FN2O5S. The van der Waals surface area contributed by atoms with Crippen LogP contribution in [0.15, 0.2) is 63.9 Å². The van der Waals surface area contributed by atoms with Crippen molar-refractivity contribution in [1.82, 2.24) is 4.31 Å². The Bertz CT molecular complexity index is 1200. The highest BCUT2D eigenvalue weighted by molar-refractivity contribution is 7.89. The molecule has 0 saturated carbocycles. The quantitative estimate of drug-likeness (QED) is 0.514. The summed E-state index contributed by atoms with van der Waals surface area (Å²) in [6, 6.07) is 14.1. The number of sulfonamides is 1. The molecule has 0 atom stereocenters. The van der Waals surface area contributed by atoms with E-state index in [1.54, 1.807) is 43.3 Å². The molecule has 0 unspecified atom stereocenters. The van der Waals surface area contributed by atoms with E-state index in [9.17, 15) is 17.6 Å². The van der Waals surface area contributed by atoms with Gasteiger partial charge in [0.25, 0.3) is 0 Å². The smallest absolute Gasteiger partial charge is 0.246 e. The Labute approximate surface area is 186 Å². The summed E-state index contributed by atoms with van der Waals surface area (Å²) in [5.74, 6) is 0.455. The van der Waals surface area contributed by atoms with Gasteiger partial charge in [-0.15, -0.1) is 0 Å². The minimum Gasteiger partial charge on any atom is -0.492 e. The number of ether oxygens (including phenoxy) is 1. The molecule has 0 saturated heterocycles. The van der Waals surface area contributed by atoms with E-state index >= 15 is 0 Å². The molecule has 1 aromatic heterocycles. The predicted molar refractivity (Wildman–Crippen MR) is 120 cm³/mol. The minimum atomic E-state index is -3.76. The van der Waals surface area contributed by atoms with Crippen LogP contribution < -0.4 is 10.1 Å². The SMILES string of the molecule is CCOc1ccc(NC(=O)CCc2ccc(-c3ccccc3F)o2)cc1S(=O)(=O)N(C)C. The molecular weight excluding hydrogens is 435 g/mol. The largest absolute Gasteiger partial charge is 0.492 e. The summed E-state index contributed by atoms with van der Waals surface area (Å²) in [7, 11) is -0.907. The fourth-order valence-electron chi connectivity index (χ4n) is 3.04. The zero-order chi connectivity index (χ0) is 23.3. The minimum absolute atomic E-state index is 0.0253. The standard InChI is InChI=1S/C23H25FN2O5S/c1-4-30-21-12-9-16(15-22(21)32(28,29)26(2)3)25-23(27)14-11-17-10-13-20(31-17)18-7-5-6-8-19(18)24/h5-10,12-13,15H,4,11,14H2,1-3H3,(H,25,27). The maximum absolute atomic E-state index is 13.9. The molecule has 0 aliphatic rings. The first-order valence-electron chi connectivity index (χ1n) is 10.0. The molecule has 0 aliphatic heterocycles. The summed E-state index contributed by atoms with van der Waals surface area (Å²) in [5, 5.41) is 2.70. The van der Waals surface area contributed by atoms with Crippen LogP contribution in [0.1, 0.15) is 19.1 Å². The zero-order valence-corrected chi connectivity index (χ0v) is 18.9. The van der Waals surface area contributed by atoms with Crippen molar-refractivity contribution in [2.45, 2.75) is 24.7 Å². The summed E-state index contributed by atoms with van der Waals surface area (Å²) >= 11 is 0. The lowest BCUT2D eigenvalue weighted by Crippen LogP contribution is -2.23. The van der Waals surface area contributed by atoms with E-state index in [2.05, 4.69) is 5.32 Å². The third-order valence-electron chi connectivity index (χ3n) is 4.69. The molecule has 0 fully saturated rings. The molecule has 0 bridgehead atoms. The van der Waals surface area contributed by atoms with Crippen molar-refractivity contribution in [3.05, 3.63) is 66.2 Å². The van der Waals surface area contributed by atoms with Gasteiger partial charge < -0.3 is 14.5 Å². The first-order valence-corrected chi connectivity index (χ1v) is 11.5. The number of furan rings is 1. The number of anilines is 1. The normalized spacial score (nSPS) is 11.5. The number of nitrogens with zero attached hydrogens (tertiary/aromatic N) is 1. The fourth-order valence-corrected chi connectivity index (χ4v) is 4.09. The molecule has 0 spiro atoms. The second kappa shape index (κ2) is 9.97. The number of rotatable bonds is 9. The van der Waals surface area contributed by atoms with Crippen LogP contribution >= 0.6 is 0 Å². The Hall–Kier alpha value is -3.17. The highest BCUT2D eigenvalue weighted by Crippen LogP contribution is 2.29. The number of nitrogens with one attached hydrogen (secondary N) is 1. The summed E-state index contributed by atoms with van der Waals surface area (Å²) < 4.78 is 51.3. The lowest BCUT2D eigenvalue weighted by molar-refractivity contribution is -0.116. The lowest BCUT2D eigenvalue weighted by Gasteiger charge is -2.16. The van der Waals surface area contributed by atoms with Crippen molar-refractivity contribution in [3.8, 4) is 17.1 Å². The highest BCUT2D eigenvalue weighted by Gasteiger charge is 2.23. The van der Waals surface area contributed by atoms with Gasteiger partial charge in [0.2, 0.25) is 15.9 Å². The third-order valence-corrected chi connectivity index (χ3v) is 6.52. The topological polar surface area (TPSA) is 88.8 Å². The number of benzene rings is 2. The second-order valence-electron chi connectivity index (χ2n) is 7.18. The van der Waals surface area contributed by atoms with Crippen LogP contribution in [0.4, 0.5) is 10.1 Å². The summed E-state index contributed by atoms with van der Waals surface area (Å²) in [5.41, 5.74) is 0.692. The van der Waals surface area contributed by atoms with Gasteiger partial charge in [-0.2, -0.15) is 0 Å². The van der Waals surface area contributed by atoms with Crippen LogP contribution in [0, 0.1) is 5.82 Å². The Balaban J connectivity index is 1.68. The van der Waals surface area contributed by atoms with Crippen LogP contribution in [0.25, 0.3) is 11.3 Å². The molecule has 170 valence electrons. The summed E-state index contributed by atoms with van der Waals surface area (Å²) in [6.45, 7) is 2.06. The third kappa shape index (κ3) is 5.35. The zero-order valence-electron chi connectivity index (χ0n) is 18.1. The van der Waals surface area contributed by atoms with Crippen molar-refractivity contribution < 1.29 is 26.8 Å². The Morgan fingerprint density at radius 1 is 1.12 bits per heavy atom. The van der Waals surface area contributed by atoms with Gasteiger partial charge in [-0.25, -0.2) is 17.1 Å². The van der Waals surface area contributed by atoms with Crippen molar-refractivity contribution in [2.75, 3.05) is 26.0 Å². The highest BCUT2D eigenvalue weighted by atomic mass is 32.2. The van der Waals surface area contributed by atoms with Gasteiger partial charge in [-0.05, 0) is 49.4 Å². The number of amides is 1. The molecule has 3 rings (SSSR count). The van der Waals surface area contributed by atoms with Crippen molar-refractivity contribution in [2.24, 2.45) is 0 Å². The van der Waals surface area contributed by atoms with E-state index in [4.69, 9.17) is 9.15 Å². The molecule has 0 radical (unpaired) electrons. The molecule has 1 heterocycles. The number of carbonyl (C=O) groups is 1. The number of carbonyl (C=O) groups excluding carboxylic acids is 1. The van der Waals surface area contributed by atoms with Crippen LogP contribution in [0.5, 0.6) is 5.75 Å². The van der Waals surface area contributed by atoms with E-state index in [-0.39, 0.29) is 28.8 Å². The average Bonchev–Trinajstić information content (AvgIpc) is 3.22. The van der Waals surface area contributed by atoms with Gasteiger partial charge >= 0.3 is 0 Å². The first-order chi connectivity index (χ1) is 15.2. The second-order valence-corrected chi connectivity index (χ2v) is 9.30. The molecule has 9 heteroatoms. The molecule has 1 N–H and O–H groups in total. The fraction of sp³-hybridized carbons (Fsp3) is 0.261. The monoisotopic (exact) mass is 460 g/mol. The molecule has 1 amide bonds. The Morgan fingerprint density at radius 2 is 1.88 bits per heavy atom. The summed E-state index contributed by atoms with van der Waals surface area (Å²) in [4.78, 5) is 12.4. The Kier molecular flexibility index (Phi) is 7.32. The molecule has 3 aromatic rings. The number of aryl methyl sites for hydroxylation is 1. The molecule has 2 aromatic carbocycles. The molecule has 32 heavy (non-hydrogen) atoms. The van der Waals surface area contributed by atoms with Gasteiger partial charge in [-0.3, -0.25) is 4.79 Å². The van der Waals surface area contributed by atoms with Crippen molar-refractivity contribution in [1.29, 1.82) is 0 Å². The van der Waals surface area contributed by atoms with E-state index in [0.29, 0.717) is 35.8 Å². The van der Waals surface area contributed by atoms with E-state index in [1.165, 1.54) is 32.3 Å². The number of hydrogen-bond donors (Lipinski definition) is 1. The van der Waals surface area contributed by atoms with Gasteiger partial charge in [0, 0.05) is 32.6 Å². The average molecular weight is 461 g/mol. The summed E-state index contributed by atoms with van der Waals surface area (Å²) in [6.07, 6.45) is 0.410. The maximum atomic E-state index is 13.9. The van der Waals surface area contributed by atoms with Crippen molar-refractivity contribution in [3.63, 3.8) is 0 Å². The maximum Gasteiger partial charge on any atom is 0.246 e. The van der Waals surface area contributed by atoms with E-state index < -0.39 is 10.0 Å². The van der Waals surface area contributed by atoms with Crippen LogP contribution in [0.2, 0.25) is 0 Å². The molecule has 0 aliphatic carbocycles. The van der Waals surface area contributed by atoms with Crippen molar-refractivity contribution >= 4 is 21.6 Å². The van der Waals surface area contributed by atoms with Gasteiger partial charge in [0.15, 0.2) is 0 Å². The van der Waals surface area contributed by atoms with Crippen LogP contribution in [0.3, 0.4) is 0 Å².